The largest absolute Gasteiger partial charge is 0.390 e. The number of alkyl halides is 2. The molecule has 208 valence electrons. The SMILES string of the molecule is CC(C)c1cnc(C(=O)N[C@@H]2CN(C)C[C@@H]2F)c2cnc(Nc3ccnc(N4CC[C@@H](O)[C@@](C)(F)C4)n3)cc12. The van der Waals surface area contributed by atoms with E-state index in [0.29, 0.717) is 36.1 Å². The highest BCUT2D eigenvalue weighted by molar-refractivity contribution is 6.06. The number of aliphatic hydroxyl groups excluding tert-OH is 1. The summed E-state index contributed by atoms with van der Waals surface area (Å²) in [5.41, 5.74) is -0.621. The predicted octanol–water partition coefficient (Wildman–Crippen LogP) is 2.97. The summed E-state index contributed by atoms with van der Waals surface area (Å²) in [4.78, 5) is 34.4. The molecule has 0 spiro atoms. The van der Waals surface area contributed by atoms with Crippen LogP contribution in [0.2, 0.25) is 0 Å². The number of anilines is 3. The van der Waals surface area contributed by atoms with Crippen LogP contribution in [0.1, 0.15) is 49.2 Å². The standard InChI is InChI=1S/C27H34F2N8O2/c1-15(2)17-10-32-24(25(39)33-20-13-36(4)12-19(20)28)18-11-31-23(9-16(17)18)34-22-5-7-30-26(35-22)37-8-6-21(38)27(3,29)14-37/h5,7,9-11,15,19-21,38H,6,8,12-14H2,1-4H3,(H,33,39)(H,30,31,34,35)/t19-,20+,21+,27-/m0/s1. The van der Waals surface area contributed by atoms with Gasteiger partial charge in [0.15, 0.2) is 5.67 Å². The van der Waals surface area contributed by atoms with Crippen molar-refractivity contribution in [1.82, 2.24) is 30.2 Å². The maximum atomic E-state index is 14.7. The maximum absolute atomic E-state index is 14.7. The van der Waals surface area contributed by atoms with Gasteiger partial charge >= 0.3 is 0 Å². The second kappa shape index (κ2) is 10.6. The number of pyridine rings is 2. The van der Waals surface area contributed by atoms with Gasteiger partial charge in [-0.15, -0.1) is 0 Å². The second-order valence-corrected chi connectivity index (χ2v) is 11.0. The van der Waals surface area contributed by atoms with Crippen molar-refractivity contribution in [3.8, 4) is 0 Å². The number of carbonyl (C=O) groups is 1. The van der Waals surface area contributed by atoms with E-state index in [-0.39, 0.29) is 31.1 Å². The van der Waals surface area contributed by atoms with E-state index < -0.39 is 29.9 Å². The first-order valence-corrected chi connectivity index (χ1v) is 13.2. The Morgan fingerprint density at radius 1 is 1.18 bits per heavy atom. The number of hydrogen-bond donors (Lipinski definition) is 3. The minimum atomic E-state index is -1.75. The Balaban J connectivity index is 1.41. The van der Waals surface area contributed by atoms with Crippen LogP contribution in [0.15, 0.2) is 30.7 Å². The molecule has 4 atom stereocenters. The molecule has 0 aliphatic carbocycles. The number of nitrogens with one attached hydrogen (secondary N) is 2. The molecule has 2 aliphatic heterocycles. The molecule has 2 aliphatic rings. The van der Waals surface area contributed by atoms with Gasteiger partial charge in [0, 0.05) is 43.6 Å². The second-order valence-electron chi connectivity index (χ2n) is 11.0. The van der Waals surface area contributed by atoms with Gasteiger partial charge in [0.05, 0.1) is 18.7 Å². The zero-order valence-corrected chi connectivity index (χ0v) is 22.5. The third-order valence-corrected chi connectivity index (χ3v) is 7.44. The summed E-state index contributed by atoms with van der Waals surface area (Å²) in [7, 11) is 1.82. The van der Waals surface area contributed by atoms with Gasteiger partial charge in [-0.1, -0.05) is 13.8 Å². The van der Waals surface area contributed by atoms with E-state index in [1.165, 1.54) is 6.92 Å². The average Bonchev–Trinajstić information content (AvgIpc) is 3.20. The summed E-state index contributed by atoms with van der Waals surface area (Å²) in [6.07, 6.45) is 2.97. The number of piperidine rings is 1. The van der Waals surface area contributed by atoms with E-state index in [9.17, 15) is 18.7 Å². The van der Waals surface area contributed by atoms with Crippen LogP contribution in [0.4, 0.5) is 26.4 Å². The fourth-order valence-electron chi connectivity index (χ4n) is 5.20. The Morgan fingerprint density at radius 2 is 1.97 bits per heavy atom. The number of amides is 1. The summed E-state index contributed by atoms with van der Waals surface area (Å²) in [5, 5.41) is 17.3. The fourth-order valence-corrected chi connectivity index (χ4v) is 5.20. The number of aliphatic hydroxyl groups is 1. The van der Waals surface area contributed by atoms with Crippen LogP contribution in [0.25, 0.3) is 10.8 Å². The number of rotatable bonds is 6. The molecule has 2 fully saturated rings. The van der Waals surface area contributed by atoms with Gasteiger partial charge in [0.2, 0.25) is 5.95 Å². The Kier molecular flexibility index (Phi) is 7.34. The molecule has 0 aromatic carbocycles. The predicted molar refractivity (Wildman–Crippen MR) is 145 cm³/mol. The van der Waals surface area contributed by atoms with Gasteiger partial charge in [0.25, 0.3) is 5.91 Å². The molecule has 5 rings (SSSR count). The number of carbonyl (C=O) groups excluding carboxylic acids is 1. The minimum absolute atomic E-state index is 0.0122. The van der Waals surface area contributed by atoms with E-state index in [0.717, 1.165) is 10.9 Å². The summed E-state index contributed by atoms with van der Waals surface area (Å²) < 4.78 is 29.0. The molecule has 0 saturated carbocycles. The number of hydrogen-bond acceptors (Lipinski definition) is 9. The molecule has 3 aromatic rings. The lowest BCUT2D eigenvalue weighted by Gasteiger charge is -2.38. The lowest BCUT2D eigenvalue weighted by atomic mass is 9.94. The fraction of sp³-hybridized carbons (Fsp3) is 0.519. The smallest absolute Gasteiger partial charge is 0.270 e. The van der Waals surface area contributed by atoms with E-state index >= 15 is 0 Å². The maximum Gasteiger partial charge on any atom is 0.270 e. The number of likely N-dealkylation sites (tertiary alicyclic amines) is 1. The molecule has 10 nitrogen and oxygen atoms in total. The van der Waals surface area contributed by atoms with Crippen LogP contribution in [-0.2, 0) is 0 Å². The average molecular weight is 541 g/mol. The Morgan fingerprint density at radius 3 is 2.67 bits per heavy atom. The number of nitrogens with zero attached hydrogens (tertiary/aromatic N) is 6. The number of fused-ring (bicyclic) bond motifs is 1. The van der Waals surface area contributed by atoms with E-state index in [4.69, 9.17) is 0 Å². The molecule has 12 heteroatoms. The summed E-state index contributed by atoms with van der Waals surface area (Å²) in [6.45, 7) is 6.59. The lowest BCUT2D eigenvalue weighted by Crippen LogP contribution is -2.52. The number of aromatic nitrogens is 4. The molecule has 39 heavy (non-hydrogen) atoms. The highest BCUT2D eigenvalue weighted by atomic mass is 19.1. The lowest BCUT2D eigenvalue weighted by molar-refractivity contribution is -0.00860. The van der Waals surface area contributed by atoms with Crippen molar-refractivity contribution < 1.29 is 18.7 Å². The van der Waals surface area contributed by atoms with Crippen molar-refractivity contribution in [3.05, 3.63) is 42.0 Å². The van der Waals surface area contributed by atoms with Crippen molar-refractivity contribution in [2.24, 2.45) is 0 Å². The molecule has 2 saturated heterocycles. The molecular formula is C27H34F2N8O2. The highest BCUT2D eigenvalue weighted by Gasteiger charge is 2.40. The van der Waals surface area contributed by atoms with Crippen molar-refractivity contribution in [2.45, 2.75) is 57.1 Å². The first-order valence-electron chi connectivity index (χ1n) is 13.2. The first-order chi connectivity index (χ1) is 18.5. The van der Waals surface area contributed by atoms with Gasteiger partial charge in [0.1, 0.15) is 23.5 Å². The number of halogens is 2. The first kappa shape index (κ1) is 27.1. The van der Waals surface area contributed by atoms with Gasteiger partial charge in [-0.25, -0.2) is 18.7 Å². The van der Waals surface area contributed by atoms with Gasteiger partial charge in [-0.05, 0) is 49.4 Å². The van der Waals surface area contributed by atoms with Crippen LogP contribution in [0, 0.1) is 0 Å². The van der Waals surface area contributed by atoms with E-state index in [1.54, 1.807) is 29.6 Å². The normalized spacial score (nSPS) is 25.8. The van der Waals surface area contributed by atoms with E-state index in [1.807, 2.05) is 31.9 Å². The number of likely N-dealkylation sites (N-methyl/N-ethyl adjacent to an activating group) is 1. The third kappa shape index (κ3) is 5.62. The molecule has 0 radical (unpaired) electrons. The molecule has 0 bridgehead atoms. The van der Waals surface area contributed by atoms with Crippen LogP contribution in [0.3, 0.4) is 0 Å². The zero-order valence-electron chi connectivity index (χ0n) is 22.5. The van der Waals surface area contributed by atoms with Gasteiger partial charge in [-0.2, -0.15) is 4.98 Å². The van der Waals surface area contributed by atoms with Crippen molar-refractivity contribution in [2.75, 3.05) is 43.4 Å². The van der Waals surface area contributed by atoms with Crippen molar-refractivity contribution in [3.63, 3.8) is 0 Å². The van der Waals surface area contributed by atoms with Gasteiger partial charge < -0.3 is 25.5 Å². The monoisotopic (exact) mass is 540 g/mol. The van der Waals surface area contributed by atoms with Crippen molar-refractivity contribution in [1.29, 1.82) is 0 Å². The summed E-state index contributed by atoms with van der Waals surface area (Å²) in [6, 6.07) is 2.93. The summed E-state index contributed by atoms with van der Waals surface area (Å²) >= 11 is 0. The molecule has 3 aromatic heterocycles. The molecule has 1 amide bonds. The highest BCUT2D eigenvalue weighted by Crippen LogP contribution is 2.30. The molecule has 3 N–H and O–H groups in total. The molecule has 0 unspecified atom stereocenters. The Bertz CT molecular complexity index is 1370. The van der Waals surface area contributed by atoms with Crippen LogP contribution in [0.5, 0.6) is 0 Å². The van der Waals surface area contributed by atoms with Crippen LogP contribution < -0.4 is 15.5 Å². The van der Waals surface area contributed by atoms with Crippen LogP contribution in [-0.4, -0.2) is 93.1 Å². The topological polar surface area (TPSA) is 119 Å². The Hall–Kier alpha value is -3.51. The van der Waals surface area contributed by atoms with E-state index in [2.05, 4.69) is 30.6 Å². The Labute approximate surface area is 225 Å². The van der Waals surface area contributed by atoms with Crippen molar-refractivity contribution >= 4 is 34.3 Å². The van der Waals surface area contributed by atoms with Crippen LogP contribution >= 0.6 is 0 Å². The molecular weight excluding hydrogens is 506 g/mol. The van der Waals surface area contributed by atoms with Gasteiger partial charge in [-0.3, -0.25) is 9.78 Å². The quantitative estimate of drug-likeness (QED) is 0.434. The molecule has 5 heterocycles. The zero-order chi connectivity index (χ0) is 27.9. The minimum Gasteiger partial charge on any atom is -0.390 e. The third-order valence-electron chi connectivity index (χ3n) is 7.44. The summed E-state index contributed by atoms with van der Waals surface area (Å²) in [5.74, 6) is 1.01.